The summed E-state index contributed by atoms with van der Waals surface area (Å²) >= 11 is 0. The maximum Gasteiger partial charge on any atom is 0.00744 e. The minimum atomic E-state index is 0.685. The Balaban J connectivity index is 3.89. The molecule has 0 aliphatic heterocycles. The highest BCUT2D eigenvalue weighted by Crippen LogP contribution is 2.15. The molecule has 1 atom stereocenters. The molecule has 0 bridgehead atoms. The third-order valence-corrected chi connectivity index (χ3v) is 3.52. The van der Waals surface area contributed by atoms with E-state index in [1.165, 1.54) is 44.9 Å². The molecule has 0 amide bonds. The minimum absolute atomic E-state index is 0.685. The molecule has 0 aromatic heterocycles. The van der Waals surface area contributed by atoms with Crippen molar-refractivity contribution in [1.29, 1.82) is 0 Å². The predicted octanol–water partition coefficient (Wildman–Crippen LogP) is 5.40. The fraction of sp³-hybridized carbons (Fsp3) is 1.00. The molecule has 0 aliphatic carbocycles. The van der Waals surface area contributed by atoms with Crippen LogP contribution in [0.2, 0.25) is 0 Å². The van der Waals surface area contributed by atoms with Gasteiger partial charge in [0, 0.05) is 12.1 Å². The summed E-state index contributed by atoms with van der Waals surface area (Å²) in [5.41, 5.74) is 0. The summed E-state index contributed by atoms with van der Waals surface area (Å²) in [6.07, 6.45) is 9.50. The molecule has 0 aromatic carbocycles. The Morgan fingerprint density at radius 2 is 1.33 bits per heavy atom. The van der Waals surface area contributed by atoms with E-state index in [1.54, 1.807) is 0 Å². The molecule has 110 valence electrons. The summed E-state index contributed by atoms with van der Waals surface area (Å²) < 4.78 is 0. The van der Waals surface area contributed by atoms with Gasteiger partial charge in [0.15, 0.2) is 0 Å². The lowest BCUT2D eigenvalue weighted by Crippen LogP contribution is -2.38. The summed E-state index contributed by atoms with van der Waals surface area (Å²) in [6, 6.07) is 1.40. The van der Waals surface area contributed by atoms with Crippen molar-refractivity contribution in [3.63, 3.8) is 0 Å². The third-order valence-electron chi connectivity index (χ3n) is 3.52. The highest BCUT2D eigenvalue weighted by molar-refractivity contribution is 4.74. The van der Waals surface area contributed by atoms with Crippen LogP contribution in [-0.2, 0) is 0 Å². The molecule has 0 spiro atoms. The van der Waals surface area contributed by atoms with Gasteiger partial charge >= 0.3 is 0 Å². The molecule has 0 fully saturated rings. The molecule has 1 heteroatoms. The zero-order valence-electron chi connectivity index (χ0n) is 13.8. The van der Waals surface area contributed by atoms with Gasteiger partial charge in [0.1, 0.15) is 0 Å². The molecule has 0 aromatic rings. The number of nitrogens with one attached hydrogen (secondary N) is 1. The van der Waals surface area contributed by atoms with Crippen molar-refractivity contribution in [2.24, 2.45) is 11.8 Å². The third kappa shape index (κ3) is 11.1. The van der Waals surface area contributed by atoms with Gasteiger partial charge in [-0.1, -0.05) is 60.3 Å². The van der Waals surface area contributed by atoms with Crippen LogP contribution in [0.1, 0.15) is 86.5 Å². The molecule has 0 rings (SSSR count). The number of unbranched alkanes of at least 4 members (excludes halogenated alkanes) is 3. The van der Waals surface area contributed by atoms with Gasteiger partial charge in [-0.3, -0.25) is 0 Å². The lowest BCUT2D eigenvalue weighted by molar-refractivity contribution is 0.322. The Hall–Kier alpha value is -0.0400. The SMILES string of the molecule is CCCCCCC(C)NC(CC(C)C)CC(C)C. The summed E-state index contributed by atoms with van der Waals surface area (Å²) in [5, 5.41) is 3.86. The second kappa shape index (κ2) is 10.8. The summed E-state index contributed by atoms with van der Waals surface area (Å²) in [5.74, 6) is 1.60. The van der Waals surface area contributed by atoms with Crippen LogP contribution in [0.5, 0.6) is 0 Å². The molecule has 0 heterocycles. The van der Waals surface area contributed by atoms with Crippen LogP contribution in [0.4, 0.5) is 0 Å². The van der Waals surface area contributed by atoms with Gasteiger partial charge in [-0.05, 0) is 38.0 Å². The molecule has 0 aliphatic rings. The predicted molar refractivity (Wildman–Crippen MR) is 84.1 cm³/mol. The molecule has 0 saturated carbocycles. The average molecular weight is 255 g/mol. The van der Waals surface area contributed by atoms with Crippen LogP contribution >= 0.6 is 0 Å². The van der Waals surface area contributed by atoms with Gasteiger partial charge in [0.25, 0.3) is 0 Å². The first-order chi connectivity index (χ1) is 8.45. The first-order valence-corrected chi connectivity index (χ1v) is 8.21. The van der Waals surface area contributed by atoms with Crippen molar-refractivity contribution in [2.75, 3.05) is 0 Å². The van der Waals surface area contributed by atoms with E-state index in [0.717, 1.165) is 11.8 Å². The Morgan fingerprint density at radius 3 is 1.78 bits per heavy atom. The molecular formula is C17H37N. The largest absolute Gasteiger partial charge is 0.311 e. The molecule has 0 saturated heterocycles. The normalized spacial score (nSPS) is 13.8. The molecule has 0 radical (unpaired) electrons. The second-order valence-corrected chi connectivity index (χ2v) is 6.87. The van der Waals surface area contributed by atoms with Crippen LogP contribution in [-0.4, -0.2) is 12.1 Å². The summed E-state index contributed by atoms with van der Waals surface area (Å²) in [7, 11) is 0. The number of hydrogen-bond donors (Lipinski definition) is 1. The van der Waals surface area contributed by atoms with Crippen molar-refractivity contribution in [1.82, 2.24) is 5.32 Å². The van der Waals surface area contributed by atoms with E-state index in [4.69, 9.17) is 0 Å². The monoisotopic (exact) mass is 255 g/mol. The van der Waals surface area contributed by atoms with Gasteiger partial charge in [-0.15, -0.1) is 0 Å². The fourth-order valence-corrected chi connectivity index (χ4v) is 2.73. The van der Waals surface area contributed by atoms with Crippen LogP contribution in [0, 0.1) is 11.8 Å². The summed E-state index contributed by atoms with van der Waals surface area (Å²) in [4.78, 5) is 0. The molecule has 1 nitrogen and oxygen atoms in total. The Bertz CT molecular complexity index is 164. The lowest BCUT2D eigenvalue weighted by Gasteiger charge is -2.26. The van der Waals surface area contributed by atoms with Gasteiger partial charge in [-0.25, -0.2) is 0 Å². The first-order valence-electron chi connectivity index (χ1n) is 8.21. The van der Waals surface area contributed by atoms with E-state index >= 15 is 0 Å². The van der Waals surface area contributed by atoms with E-state index in [-0.39, 0.29) is 0 Å². The molecule has 1 N–H and O–H groups in total. The standard InChI is InChI=1S/C17H37N/c1-7-8-9-10-11-16(6)18-17(12-14(2)3)13-15(4)5/h14-18H,7-13H2,1-6H3. The number of rotatable bonds is 11. The fourth-order valence-electron chi connectivity index (χ4n) is 2.73. The van der Waals surface area contributed by atoms with Crippen LogP contribution in [0.3, 0.4) is 0 Å². The number of hydrogen-bond acceptors (Lipinski definition) is 1. The van der Waals surface area contributed by atoms with Crippen molar-refractivity contribution in [2.45, 2.75) is 98.6 Å². The van der Waals surface area contributed by atoms with Crippen LogP contribution in [0.15, 0.2) is 0 Å². The Morgan fingerprint density at radius 1 is 0.778 bits per heavy atom. The first kappa shape index (κ1) is 18.0. The molecule has 18 heavy (non-hydrogen) atoms. The van der Waals surface area contributed by atoms with E-state index in [0.29, 0.717) is 12.1 Å². The van der Waals surface area contributed by atoms with Gasteiger partial charge in [-0.2, -0.15) is 0 Å². The summed E-state index contributed by atoms with van der Waals surface area (Å²) in [6.45, 7) is 14.0. The zero-order chi connectivity index (χ0) is 14.0. The van der Waals surface area contributed by atoms with E-state index in [9.17, 15) is 0 Å². The van der Waals surface area contributed by atoms with E-state index in [2.05, 4.69) is 46.9 Å². The van der Waals surface area contributed by atoms with Gasteiger partial charge in [0.2, 0.25) is 0 Å². The topological polar surface area (TPSA) is 12.0 Å². The van der Waals surface area contributed by atoms with Crippen molar-refractivity contribution >= 4 is 0 Å². The Kier molecular flexibility index (Phi) is 10.8. The van der Waals surface area contributed by atoms with Gasteiger partial charge < -0.3 is 5.32 Å². The minimum Gasteiger partial charge on any atom is -0.311 e. The maximum atomic E-state index is 3.86. The van der Waals surface area contributed by atoms with Crippen LogP contribution < -0.4 is 5.32 Å². The van der Waals surface area contributed by atoms with Crippen LogP contribution in [0.25, 0.3) is 0 Å². The Labute approximate surface area is 116 Å². The van der Waals surface area contributed by atoms with Gasteiger partial charge in [0.05, 0.1) is 0 Å². The maximum absolute atomic E-state index is 3.86. The van der Waals surface area contributed by atoms with E-state index in [1.807, 2.05) is 0 Å². The highest BCUT2D eigenvalue weighted by Gasteiger charge is 2.14. The van der Waals surface area contributed by atoms with Crippen molar-refractivity contribution in [3.8, 4) is 0 Å². The smallest absolute Gasteiger partial charge is 0.00744 e. The van der Waals surface area contributed by atoms with Crippen molar-refractivity contribution in [3.05, 3.63) is 0 Å². The molecule has 1 unspecified atom stereocenters. The second-order valence-electron chi connectivity index (χ2n) is 6.87. The van der Waals surface area contributed by atoms with Crippen molar-refractivity contribution < 1.29 is 0 Å². The zero-order valence-corrected chi connectivity index (χ0v) is 13.8. The highest BCUT2D eigenvalue weighted by atomic mass is 14.9. The molecular weight excluding hydrogens is 218 g/mol. The average Bonchev–Trinajstić information content (AvgIpc) is 2.22. The van der Waals surface area contributed by atoms with E-state index < -0.39 is 0 Å². The quantitative estimate of drug-likeness (QED) is 0.488. The lowest BCUT2D eigenvalue weighted by atomic mass is 9.94.